The Labute approximate surface area is 79.2 Å². The van der Waals surface area contributed by atoms with Crippen LogP contribution >= 0.6 is 0 Å². The van der Waals surface area contributed by atoms with Gasteiger partial charge in [0.05, 0.1) is 4.91 Å². The minimum absolute atomic E-state index is 0.157. The molecular formula is C9H13NO2S. The topological polar surface area (TPSA) is 46.2 Å². The van der Waals surface area contributed by atoms with E-state index >= 15 is 0 Å². The minimum Gasteiger partial charge on any atom is -0.214 e. The molecular weight excluding hydrogens is 186 g/mol. The highest BCUT2D eigenvalue weighted by atomic mass is 32.2. The van der Waals surface area contributed by atoms with Gasteiger partial charge < -0.3 is 0 Å². The van der Waals surface area contributed by atoms with E-state index in [1.54, 1.807) is 6.08 Å². The van der Waals surface area contributed by atoms with Crippen LogP contribution in [0.5, 0.6) is 0 Å². The van der Waals surface area contributed by atoms with E-state index in [-0.39, 0.29) is 4.91 Å². The maximum atomic E-state index is 11.3. The molecule has 4 heteroatoms. The van der Waals surface area contributed by atoms with Gasteiger partial charge in [-0.25, -0.2) is 13.1 Å². The molecule has 0 spiro atoms. The number of hydrogen-bond acceptors (Lipinski definition) is 2. The van der Waals surface area contributed by atoms with Crippen LogP contribution in [-0.2, 0) is 10.0 Å². The molecule has 0 aliphatic heterocycles. The summed E-state index contributed by atoms with van der Waals surface area (Å²) in [7, 11) is -2.03. The van der Waals surface area contributed by atoms with Crippen molar-refractivity contribution in [3.05, 3.63) is 48.4 Å². The van der Waals surface area contributed by atoms with Crippen molar-refractivity contribution in [3.8, 4) is 0 Å². The molecule has 3 nitrogen and oxygen atoms in total. The van der Waals surface area contributed by atoms with Crippen LogP contribution < -0.4 is 4.72 Å². The Kier molecular flexibility index (Phi) is 5.03. The molecule has 0 aliphatic rings. The van der Waals surface area contributed by atoms with Crippen molar-refractivity contribution in [1.82, 2.24) is 4.72 Å². The average Bonchev–Trinajstić information content (AvgIpc) is 2.12. The van der Waals surface area contributed by atoms with E-state index in [1.807, 2.05) is 0 Å². The molecule has 0 amide bonds. The van der Waals surface area contributed by atoms with Gasteiger partial charge in [-0.15, -0.1) is 0 Å². The molecule has 1 N–H and O–H groups in total. The molecule has 0 heterocycles. The summed E-state index contributed by atoms with van der Waals surface area (Å²) in [6.07, 6.45) is 7.32. The molecule has 0 saturated heterocycles. The van der Waals surface area contributed by atoms with Gasteiger partial charge in [0.15, 0.2) is 0 Å². The molecule has 0 aromatic heterocycles. The van der Waals surface area contributed by atoms with E-state index in [0.29, 0.717) is 0 Å². The summed E-state index contributed by atoms with van der Waals surface area (Å²) >= 11 is 0. The molecule has 13 heavy (non-hydrogen) atoms. The van der Waals surface area contributed by atoms with Gasteiger partial charge >= 0.3 is 0 Å². The van der Waals surface area contributed by atoms with Crippen LogP contribution in [0.25, 0.3) is 0 Å². The van der Waals surface area contributed by atoms with E-state index in [9.17, 15) is 8.42 Å². The quantitative estimate of drug-likeness (QED) is 0.679. The monoisotopic (exact) mass is 199 g/mol. The number of sulfonamides is 1. The smallest absolute Gasteiger partial charge is 0.214 e. The lowest BCUT2D eigenvalue weighted by Crippen LogP contribution is -2.19. The molecule has 0 saturated carbocycles. The number of nitrogens with one attached hydrogen (secondary N) is 1. The fourth-order valence-corrected chi connectivity index (χ4v) is 1.40. The first-order valence-corrected chi connectivity index (χ1v) is 5.12. The first kappa shape index (κ1) is 11.9. The van der Waals surface area contributed by atoms with Crippen LogP contribution in [0.4, 0.5) is 0 Å². The van der Waals surface area contributed by atoms with E-state index < -0.39 is 10.0 Å². The average molecular weight is 199 g/mol. The van der Waals surface area contributed by atoms with E-state index in [0.717, 1.165) is 0 Å². The zero-order chi connectivity index (χ0) is 10.3. The van der Waals surface area contributed by atoms with E-state index in [1.165, 1.54) is 31.4 Å². The van der Waals surface area contributed by atoms with Crippen LogP contribution in [0.2, 0.25) is 0 Å². The Morgan fingerprint density at radius 1 is 1.31 bits per heavy atom. The standard InChI is InChI=1S/C9H13NO2S/c1-4-6-8-9(7-5-2)13(11,12)10-3/h4-8,10H,1-2H2,3H3/b8-6-,9-7+. The van der Waals surface area contributed by atoms with E-state index in [4.69, 9.17) is 0 Å². The zero-order valence-electron chi connectivity index (χ0n) is 7.53. The van der Waals surface area contributed by atoms with Gasteiger partial charge in [-0.05, 0) is 19.2 Å². The van der Waals surface area contributed by atoms with Crippen molar-refractivity contribution in [1.29, 1.82) is 0 Å². The zero-order valence-corrected chi connectivity index (χ0v) is 8.34. The summed E-state index contributed by atoms with van der Waals surface area (Å²) in [6, 6.07) is 0. The highest BCUT2D eigenvalue weighted by Crippen LogP contribution is 2.05. The highest BCUT2D eigenvalue weighted by molar-refractivity contribution is 7.93. The predicted octanol–water partition coefficient (Wildman–Crippen LogP) is 1.35. The van der Waals surface area contributed by atoms with Crippen LogP contribution in [0, 0.1) is 0 Å². The highest BCUT2D eigenvalue weighted by Gasteiger charge is 2.10. The Balaban J connectivity index is 5.05. The van der Waals surface area contributed by atoms with Crippen molar-refractivity contribution in [2.24, 2.45) is 0 Å². The van der Waals surface area contributed by atoms with E-state index in [2.05, 4.69) is 17.9 Å². The maximum Gasteiger partial charge on any atom is 0.240 e. The summed E-state index contributed by atoms with van der Waals surface area (Å²) in [5, 5.41) is 0. The predicted molar refractivity (Wildman–Crippen MR) is 55.6 cm³/mol. The molecule has 0 unspecified atom stereocenters. The van der Waals surface area contributed by atoms with Gasteiger partial charge in [0.2, 0.25) is 10.0 Å². The maximum absolute atomic E-state index is 11.3. The Bertz CT molecular complexity index is 337. The lowest BCUT2D eigenvalue weighted by Gasteiger charge is -2.00. The Hall–Kier alpha value is -1.13. The third kappa shape index (κ3) is 3.87. The first-order chi connectivity index (χ1) is 6.08. The van der Waals surface area contributed by atoms with Gasteiger partial charge in [0.1, 0.15) is 0 Å². The molecule has 0 aromatic carbocycles. The summed E-state index contributed by atoms with van der Waals surface area (Å²) < 4.78 is 24.8. The molecule has 0 rings (SSSR count). The molecule has 0 atom stereocenters. The lowest BCUT2D eigenvalue weighted by atomic mass is 10.4. The minimum atomic E-state index is -3.39. The van der Waals surface area contributed by atoms with Crippen LogP contribution in [0.15, 0.2) is 48.4 Å². The molecule has 0 bridgehead atoms. The summed E-state index contributed by atoms with van der Waals surface area (Å²) in [5.74, 6) is 0. The number of allylic oxidation sites excluding steroid dienone is 5. The molecule has 0 fully saturated rings. The van der Waals surface area contributed by atoms with Gasteiger partial charge in [-0.3, -0.25) is 0 Å². The van der Waals surface area contributed by atoms with Crippen LogP contribution in [0.3, 0.4) is 0 Å². The molecule has 0 aromatic rings. The van der Waals surface area contributed by atoms with Crippen molar-refractivity contribution in [3.63, 3.8) is 0 Å². The van der Waals surface area contributed by atoms with Crippen LogP contribution in [0.1, 0.15) is 0 Å². The fraction of sp³-hybridized carbons (Fsp3) is 0.111. The molecule has 0 radical (unpaired) electrons. The van der Waals surface area contributed by atoms with Gasteiger partial charge in [0, 0.05) is 0 Å². The normalized spacial score (nSPS) is 13.2. The van der Waals surface area contributed by atoms with Gasteiger partial charge in [-0.2, -0.15) is 0 Å². The van der Waals surface area contributed by atoms with Crippen molar-refractivity contribution >= 4 is 10.0 Å². The summed E-state index contributed by atoms with van der Waals surface area (Å²) in [5.41, 5.74) is 0. The Morgan fingerprint density at radius 3 is 2.31 bits per heavy atom. The second-order valence-corrected chi connectivity index (χ2v) is 3.99. The van der Waals surface area contributed by atoms with Crippen molar-refractivity contribution < 1.29 is 8.42 Å². The SMILES string of the molecule is C=C/C=C\C(=C/C=C)S(=O)(=O)NC. The number of rotatable bonds is 5. The number of hydrogen-bond donors (Lipinski definition) is 1. The lowest BCUT2D eigenvalue weighted by molar-refractivity contribution is 0.595. The van der Waals surface area contributed by atoms with Crippen LogP contribution in [-0.4, -0.2) is 15.5 Å². The Morgan fingerprint density at radius 2 is 1.92 bits per heavy atom. The molecule has 0 aliphatic carbocycles. The second-order valence-electron chi connectivity index (χ2n) is 2.11. The van der Waals surface area contributed by atoms with Crippen molar-refractivity contribution in [2.45, 2.75) is 0 Å². The first-order valence-electron chi connectivity index (χ1n) is 3.64. The fourth-order valence-electron chi connectivity index (χ4n) is 0.632. The van der Waals surface area contributed by atoms with Gasteiger partial charge in [0.25, 0.3) is 0 Å². The third-order valence-electron chi connectivity index (χ3n) is 1.26. The summed E-state index contributed by atoms with van der Waals surface area (Å²) in [4.78, 5) is 0.157. The largest absolute Gasteiger partial charge is 0.240 e. The summed E-state index contributed by atoms with van der Waals surface area (Å²) in [6.45, 7) is 6.87. The van der Waals surface area contributed by atoms with Gasteiger partial charge in [-0.1, -0.05) is 31.4 Å². The van der Waals surface area contributed by atoms with Crippen molar-refractivity contribution in [2.75, 3.05) is 7.05 Å². The second kappa shape index (κ2) is 5.50. The molecule has 72 valence electrons. The third-order valence-corrected chi connectivity index (χ3v) is 2.69.